The van der Waals surface area contributed by atoms with E-state index < -0.39 is 0 Å². The monoisotopic (exact) mass is 316 g/mol. The van der Waals surface area contributed by atoms with Crippen molar-refractivity contribution in [2.45, 2.75) is 32.9 Å². The lowest BCUT2D eigenvalue weighted by atomic mass is 10.1. The second kappa shape index (κ2) is 7.51. The first-order chi connectivity index (χ1) is 10.9. The maximum absolute atomic E-state index is 5.87. The topological polar surface area (TPSA) is 52.8 Å². The highest BCUT2D eigenvalue weighted by molar-refractivity contribution is 5.80. The summed E-state index contributed by atoms with van der Waals surface area (Å²) in [5, 5.41) is 7.95. The molecule has 0 spiro atoms. The first-order valence-corrected chi connectivity index (χ1v) is 8.03. The zero-order valence-electron chi connectivity index (χ0n) is 14.8. The number of aliphatic imine (C=N–C) groups is 1. The lowest BCUT2D eigenvalue weighted by molar-refractivity contribution is 0.404. The van der Waals surface area contributed by atoms with Gasteiger partial charge in [0.1, 0.15) is 11.3 Å². The van der Waals surface area contributed by atoms with Gasteiger partial charge in [0.25, 0.3) is 0 Å². The molecule has 2 N–H and O–H groups in total. The smallest absolute Gasteiger partial charge is 0.193 e. The number of nitrogens with one attached hydrogen (secondary N) is 2. The SMILES string of the molecule is CN=C(NCCNC(C)(C)C)N(C)Cc1cc2ccccc2o1. The highest BCUT2D eigenvalue weighted by atomic mass is 16.3. The minimum Gasteiger partial charge on any atom is -0.459 e. The summed E-state index contributed by atoms with van der Waals surface area (Å²) < 4.78 is 5.87. The summed E-state index contributed by atoms with van der Waals surface area (Å²) in [5.74, 6) is 1.80. The molecule has 0 saturated heterocycles. The number of hydrogen-bond acceptors (Lipinski definition) is 3. The Morgan fingerprint density at radius 1 is 1.22 bits per heavy atom. The molecule has 0 aliphatic heterocycles. The second-order valence-electron chi connectivity index (χ2n) is 6.76. The van der Waals surface area contributed by atoms with Crippen LogP contribution in [0.5, 0.6) is 0 Å². The van der Waals surface area contributed by atoms with E-state index >= 15 is 0 Å². The average Bonchev–Trinajstić information content (AvgIpc) is 2.88. The van der Waals surface area contributed by atoms with E-state index in [1.807, 2.05) is 25.2 Å². The lowest BCUT2D eigenvalue weighted by Gasteiger charge is -2.23. The zero-order valence-corrected chi connectivity index (χ0v) is 14.8. The molecule has 0 saturated carbocycles. The second-order valence-corrected chi connectivity index (χ2v) is 6.76. The van der Waals surface area contributed by atoms with Crippen LogP contribution in [0.3, 0.4) is 0 Å². The molecule has 5 heteroatoms. The van der Waals surface area contributed by atoms with E-state index in [1.54, 1.807) is 7.05 Å². The van der Waals surface area contributed by atoms with Crippen molar-refractivity contribution >= 4 is 16.9 Å². The van der Waals surface area contributed by atoms with E-state index in [1.165, 1.54) is 0 Å². The molecule has 0 fully saturated rings. The number of benzene rings is 1. The summed E-state index contributed by atoms with van der Waals surface area (Å²) in [7, 11) is 3.81. The van der Waals surface area contributed by atoms with Gasteiger partial charge in [-0.25, -0.2) is 0 Å². The molecule has 0 radical (unpaired) electrons. The lowest BCUT2D eigenvalue weighted by Crippen LogP contribution is -2.44. The summed E-state index contributed by atoms with van der Waals surface area (Å²) in [5.41, 5.74) is 1.05. The van der Waals surface area contributed by atoms with E-state index in [4.69, 9.17) is 4.42 Å². The van der Waals surface area contributed by atoms with Gasteiger partial charge in [0, 0.05) is 38.1 Å². The molecule has 0 atom stereocenters. The maximum atomic E-state index is 5.87. The van der Waals surface area contributed by atoms with Crippen LogP contribution in [0.15, 0.2) is 39.7 Å². The zero-order chi connectivity index (χ0) is 16.9. The minimum absolute atomic E-state index is 0.130. The van der Waals surface area contributed by atoms with Gasteiger partial charge in [-0.05, 0) is 32.9 Å². The third kappa shape index (κ3) is 5.28. The number of nitrogens with zero attached hydrogens (tertiary/aromatic N) is 2. The Labute approximate surface area is 138 Å². The van der Waals surface area contributed by atoms with Gasteiger partial charge in [0.15, 0.2) is 5.96 Å². The molecular formula is C18H28N4O. The van der Waals surface area contributed by atoms with Crippen LogP contribution < -0.4 is 10.6 Å². The summed E-state index contributed by atoms with van der Waals surface area (Å²) >= 11 is 0. The van der Waals surface area contributed by atoms with E-state index in [2.05, 4.69) is 53.4 Å². The largest absolute Gasteiger partial charge is 0.459 e. The molecule has 1 aromatic heterocycles. The number of hydrogen-bond donors (Lipinski definition) is 2. The third-order valence-electron chi connectivity index (χ3n) is 3.51. The van der Waals surface area contributed by atoms with Crippen molar-refractivity contribution in [2.75, 3.05) is 27.2 Å². The molecule has 2 rings (SSSR count). The number of para-hydroxylation sites is 1. The quantitative estimate of drug-likeness (QED) is 0.506. The Balaban J connectivity index is 1.88. The predicted octanol–water partition coefficient (Wildman–Crippen LogP) is 2.83. The summed E-state index contributed by atoms with van der Waals surface area (Å²) in [6.45, 7) is 8.89. The van der Waals surface area contributed by atoms with E-state index in [0.717, 1.165) is 35.8 Å². The van der Waals surface area contributed by atoms with Crippen LogP contribution in [0.25, 0.3) is 11.0 Å². The molecule has 2 aromatic rings. The summed E-state index contributed by atoms with van der Waals surface area (Å²) in [6, 6.07) is 10.1. The van der Waals surface area contributed by atoms with Gasteiger partial charge in [0.05, 0.1) is 6.54 Å². The van der Waals surface area contributed by atoms with Gasteiger partial charge in [0.2, 0.25) is 0 Å². The summed E-state index contributed by atoms with van der Waals surface area (Å²) in [4.78, 5) is 6.40. The van der Waals surface area contributed by atoms with Gasteiger partial charge in [-0.1, -0.05) is 18.2 Å². The Bertz CT molecular complexity index is 621. The first kappa shape index (κ1) is 17.3. The van der Waals surface area contributed by atoms with Gasteiger partial charge in [-0.15, -0.1) is 0 Å². The van der Waals surface area contributed by atoms with Crippen molar-refractivity contribution in [3.63, 3.8) is 0 Å². The van der Waals surface area contributed by atoms with E-state index in [9.17, 15) is 0 Å². The molecule has 126 valence electrons. The molecule has 1 heterocycles. The fraction of sp³-hybridized carbons (Fsp3) is 0.500. The van der Waals surface area contributed by atoms with Gasteiger partial charge < -0.3 is 20.0 Å². The van der Waals surface area contributed by atoms with Crippen LogP contribution in [0.1, 0.15) is 26.5 Å². The van der Waals surface area contributed by atoms with Gasteiger partial charge in [-0.2, -0.15) is 0 Å². The van der Waals surface area contributed by atoms with Crippen LogP contribution >= 0.6 is 0 Å². The number of fused-ring (bicyclic) bond motifs is 1. The van der Waals surface area contributed by atoms with E-state index in [0.29, 0.717) is 6.54 Å². The fourth-order valence-electron chi connectivity index (χ4n) is 2.42. The Kier molecular flexibility index (Phi) is 5.66. The molecule has 0 aliphatic rings. The number of furan rings is 1. The van der Waals surface area contributed by atoms with Crippen molar-refractivity contribution in [1.29, 1.82) is 0 Å². The Morgan fingerprint density at radius 3 is 2.61 bits per heavy atom. The number of rotatable bonds is 5. The van der Waals surface area contributed by atoms with Crippen molar-refractivity contribution in [3.05, 3.63) is 36.1 Å². The first-order valence-electron chi connectivity index (χ1n) is 8.03. The van der Waals surface area contributed by atoms with Crippen molar-refractivity contribution in [2.24, 2.45) is 4.99 Å². The third-order valence-corrected chi connectivity index (χ3v) is 3.51. The van der Waals surface area contributed by atoms with Crippen LogP contribution in [0, 0.1) is 0 Å². The minimum atomic E-state index is 0.130. The molecule has 0 unspecified atom stereocenters. The highest BCUT2D eigenvalue weighted by Gasteiger charge is 2.11. The molecule has 0 bridgehead atoms. The summed E-state index contributed by atoms with van der Waals surface area (Å²) in [6.07, 6.45) is 0. The van der Waals surface area contributed by atoms with Crippen molar-refractivity contribution in [1.82, 2.24) is 15.5 Å². The standard InChI is InChI=1S/C18H28N4O/c1-18(2,3)21-11-10-20-17(19-4)22(5)13-15-12-14-8-6-7-9-16(14)23-15/h6-9,12,21H,10-11,13H2,1-5H3,(H,19,20). The molecule has 1 aromatic carbocycles. The van der Waals surface area contributed by atoms with Crippen LogP contribution in [0.4, 0.5) is 0 Å². The molecule has 23 heavy (non-hydrogen) atoms. The predicted molar refractivity (Wildman–Crippen MR) is 96.8 cm³/mol. The van der Waals surface area contributed by atoms with Crippen LogP contribution in [-0.2, 0) is 6.54 Å². The average molecular weight is 316 g/mol. The van der Waals surface area contributed by atoms with Crippen LogP contribution in [-0.4, -0.2) is 43.6 Å². The molecule has 5 nitrogen and oxygen atoms in total. The highest BCUT2D eigenvalue weighted by Crippen LogP contribution is 2.19. The number of guanidine groups is 1. The van der Waals surface area contributed by atoms with Crippen molar-refractivity contribution < 1.29 is 4.42 Å². The fourth-order valence-corrected chi connectivity index (χ4v) is 2.42. The van der Waals surface area contributed by atoms with Gasteiger partial charge in [-0.3, -0.25) is 4.99 Å². The Morgan fingerprint density at radius 2 is 1.96 bits per heavy atom. The van der Waals surface area contributed by atoms with Crippen molar-refractivity contribution in [3.8, 4) is 0 Å². The molecule has 0 amide bonds. The molecule has 0 aliphatic carbocycles. The maximum Gasteiger partial charge on any atom is 0.193 e. The van der Waals surface area contributed by atoms with Crippen LogP contribution in [0.2, 0.25) is 0 Å². The van der Waals surface area contributed by atoms with Gasteiger partial charge >= 0.3 is 0 Å². The Hall–Kier alpha value is -2.01. The van der Waals surface area contributed by atoms with E-state index in [-0.39, 0.29) is 5.54 Å². The molecular weight excluding hydrogens is 288 g/mol. The normalized spacial score (nSPS) is 12.7.